The van der Waals surface area contributed by atoms with Gasteiger partial charge in [0.1, 0.15) is 5.82 Å². The van der Waals surface area contributed by atoms with E-state index in [-0.39, 0.29) is 4.51 Å². The number of nitrogen functional groups attached to an aromatic ring is 1. The van der Waals surface area contributed by atoms with E-state index < -0.39 is 10.3 Å². The van der Waals surface area contributed by atoms with E-state index in [4.69, 9.17) is 5.73 Å². The summed E-state index contributed by atoms with van der Waals surface area (Å²) in [7, 11) is -2.24. The van der Waals surface area contributed by atoms with Crippen LogP contribution in [-0.2, 0) is 10.3 Å². The summed E-state index contributed by atoms with van der Waals surface area (Å²) in [5.41, 5.74) is 6.98. The van der Waals surface area contributed by atoms with E-state index in [9.17, 15) is 8.42 Å². The molecule has 1 heterocycles. The minimum Gasteiger partial charge on any atom is -0.384 e. The molecule has 0 saturated heterocycles. The Bertz CT molecular complexity index is 642. The van der Waals surface area contributed by atoms with Crippen molar-refractivity contribution in [2.24, 2.45) is 0 Å². The van der Waals surface area contributed by atoms with Gasteiger partial charge in [-0.15, -0.1) is 0 Å². The van der Waals surface area contributed by atoms with Crippen molar-refractivity contribution in [2.75, 3.05) is 5.73 Å². The van der Waals surface area contributed by atoms with Gasteiger partial charge in [0.25, 0.3) is 0 Å². The molecular weight excluding hydrogens is 212 g/mol. The van der Waals surface area contributed by atoms with Crippen LogP contribution in [0.25, 0.3) is 11.3 Å². The Morgan fingerprint density at radius 3 is 2.67 bits per heavy atom. The molecule has 0 atom stereocenters. The lowest BCUT2D eigenvalue weighted by molar-refractivity contribution is 0.625. The second kappa shape index (κ2) is 3.70. The highest BCUT2D eigenvalue weighted by Gasteiger charge is 2.00. The molecule has 4 nitrogen and oxygen atoms in total. The van der Waals surface area contributed by atoms with Gasteiger partial charge in [0.2, 0.25) is 10.3 Å². The topological polar surface area (TPSA) is 73.1 Å². The lowest BCUT2D eigenvalue weighted by atomic mass is 10.1. The average molecular weight is 220 g/mol. The lowest BCUT2D eigenvalue weighted by Crippen LogP contribution is -1.88. The van der Waals surface area contributed by atoms with E-state index in [1.165, 1.54) is 12.1 Å². The molecule has 0 amide bonds. The van der Waals surface area contributed by atoms with Crippen molar-refractivity contribution in [1.82, 2.24) is 4.98 Å². The van der Waals surface area contributed by atoms with Crippen LogP contribution in [0.3, 0.4) is 0 Å². The molecule has 2 N–H and O–H groups in total. The summed E-state index contributed by atoms with van der Waals surface area (Å²) in [6, 6.07) is 9.99. The highest BCUT2D eigenvalue weighted by Crippen LogP contribution is 2.18. The van der Waals surface area contributed by atoms with Crippen LogP contribution in [0.5, 0.6) is 0 Å². The average Bonchev–Trinajstić information content (AvgIpc) is 2.37. The molecule has 0 bridgehead atoms. The number of aromatic nitrogens is 1. The van der Waals surface area contributed by atoms with E-state index in [1.54, 1.807) is 18.2 Å². The normalized spacial score (nSPS) is 10.1. The first kappa shape index (κ1) is 9.67. The van der Waals surface area contributed by atoms with Crippen LogP contribution >= 0.6 is 0 Å². The minimum atomic E-state index is -2.24. The predicted octanol–water partition coefficient (Wildman–Crippen LogP) is 1.18. The van der Waals surface area contributed by atoms with Crippen LogP contribution in [0.15, 0.2) is 36.4 Å². The van der Waals surface area contributed by atoms with Crippen LogP contribution in [-0.4, -0.2) is 13.4 Å². The van der Waals surface area contributed by atoms with Gasteiger partial charge in [0.15, 0.2) is 0 Å². The number of rotatable bonds is 0. The fraction of sp³-hybridized carbons (Fsp3) is 0. The molecule has 0 spiro atoms. The zero-order chi connectivity index (χ0) is 10.8. The first-order chi connectivity index (χ1) is 7.16. The molecular formula is C10H8N2O2S. The fourth-order valence-corrected chi connectivity index (χ4v) is 1.68. The van der Waals surface area contributed by atoms with Crippen molar-refractivity contribution in [3.05, 3.63) is 40.9 Å². The highest BCUT2D eigenvalue weighted by atomic mass is 32.2. The van der Waals surface area contributed by atoms with Gasteiger partial charge in [0.05, 0.1) is 10.2 Å². The standard InChI is InChI=1S/C10H8N2O2S/c11-10-3-1-2-7-4-5-8(15(13)14)6-9(7)12-10/h1-6H,(H2,11,12). The number of hydrogen-bond acceptors (Lipinski definition) is 4. The number of anilines is 1. The van der Waals surface area contributed by atoms with E-state index >= 15 is 0 Å². The molecule has 2 rings (SSSR count). The molecule has 0 saturated carbocycles. The van der Waals surface area contributed by atoms with E-state index in [0.29, 0.717) is 11.5 Å². The van der Waals surface area contributed by atoms with Crippen LogP contribution in [0.2, 0.25) is 0 Å². The Labute approximate surface area is 87.9 Å². The molecule has 0 aromatic rings. The van der Waals surface area contributed by atoms with Gasteiger partial charge in [-0.25, -0.2) is 4.98 Å². The van der Waals surface area contributed by atoms with Gasteiger partial charge in [-0.1, -0.05) is 18.2 Å². The molecule has 0 radical (unpaired) electrons. The third-order valence-electron chi connectivity index (χ3n) is 1.99. The minimum absolute atomic E-state index is 0.209. The van der Waals surface area contributed by atoms with Gasteiger partial charge < -0.3 is 5.73 Å². The Kier molecular flexibility index (Phi) is 2.39. The largest absolute Gasteiger partial charge is 0.384 e. The fourth-order valence-electron chi connectivity index (χ4n) is 1.29. The zero-order valence-corrected chi connectivity index (χ0v) is 8.53. The van der Waals surface area contributed by atoms with Crippen molar-refractivity contribution in [1.29, 1.82) is 0 Å². The quantitative estimate of drug-likeness (QED) is 0.676. The molecule has 1 aliphatic heterocycles. The van der Waals surface area contributed by atoms with E-state index in [2.05, 4.69) is 4.98 Å². The summed E-state index contributed by atoms with van der Waals surface area (Å²) in [5, 5.41) is 0. The summed E-state index contributed by atoms with van der Waals surface area (Å²) in [5.74, 6) is 0.360. The van der Waals surface area contributed by atoms with Crippen molar-refractivity contribution >= 4 is 16.1 Å². The van der Waals surface area contributed by atoms with Crippen LogP contribution in [0.4, 0.5) is 5.82 Å². The van der Waals surface area contributed by atoms with Crippen LogP contribution < -0.4 is 5.73 Å². The third-order valence-corrected chi connectivity index (χ3v) is 2.63. The highest BCUT2D eigenvalue weighted by molar-refractivity contribution is 7.63. The summed E-state index contributed by atoms with van der Waals surface area (Å²) >= 11 is 0. The van der Waals surface area contributed by atoms with Gasteiger partial charge >= 0.3 is 0 Å². The smallest absolute Gasteiger partial charge is 0.221 e. The van der Waals surface area contributed by atoms with Crippen molar-refractivity contribution in [2.45, 2.75) is 0 Å². The molecule has 5 heteroatoms. The maximum absolute atomic E-state index is 10.7. The molecule has 1 aliphatic carbocycles. The summed E-state index contributed by atoms with van der Waals surface area (Å²) in [6.45, 7) is 0. The molecule has 0 fully saturated rings. The Morgan fingerprint density at radius 1 is 1.13 bits per heavy atom. The van der Waals surface area contributed by atoms with Crippen LogP contribution in [0, 0.1) is 4.51 Å². The summed E-state index contributed by atoms with van der Waals surface area (Å²) < 4.78 is 21.7. The van der Waals surface area contributed by atoms with Crippen LogP contribution in [0.1, 0.15) is 0 Å². The first-order valence-corrected chi connectivity index (χ1v) is 5.33. The molecule has 0 aromatic heterocycles. The van der Waals surface area contributed by atoms with Gasteiger partial charge in [-0.05, 0) is 18.2 Å². The summed E-state index contributed by atoms with van der Waals surface area (Å²) in [6.07, 6.45) is 0. The summed E-state index contributed by atoms with van der Waals surface area (Å²) in [4.78, 5) is 4.09. The predicted molar refractivity (Wildman–Crippen MR) is 57.4 cm³/mol. The molecule has 2 aliphatic rings. The van der Waals surface area contributed by atoms with Crippen molar-refractivity contribution < 1.29 is 8.42 Å². The third kappa shape index (κ3) is 1.97. The number of nitrogens with zero attached hydrogens (tertiary/aromatic N) is 1. The first-order valence-electron chi connectivity index (χ1n) is 4.26. The Hall–Kier alpha value is -1.88. The number of fused-ring (bicyclic) bond motifs is 1. The molecule has 76 valence electrons. The van der Waals surface area contributed by atoms with E-state index in [0.717, 1.165) is 5.56 Å². The van der Waals surface area contributed by atoms with Gasteiger partial charge in [-0.2, -0.15) is 8.42 Å². The monoisotopic (exact) mass is 220 g/mol. The van der Waals surface area contributed by atoms with Crippen molar-refractivity contribution in [3.8, 4) is 11.3 Å². The maximum atomic E-state index is 10.7. The van der Waals surface area contributed by atoms with E-state index in [1.807, 2.05) is 6.07 Å². The maximum Gasteiger partial charge on any atom is 0.221 e. The van der Waals surface area contributed by atoms with Crippen molar-refractivity contribution in [3.63, 3.8) is 0 Å². The number of hydrogen-bond donors (Lipinski definition) is 1. The molecule has 15 heavy (non-hydrogen) atoms. The second-order valence-electron chi connectivity index (χ2n) is 3.02. The lowest BCUT2D eigenvalue weighted by Gasteiger charge is -1.96. The molecule has 0 aromatic carbocycles. The molecule has 0 unspecified atom stereocenters. The zero-order valence-electron chi connectivity index (χ0n) is 7.71. The number of benzene rings is 1. The Morgan fingerprint density at radius 2 is 1.93 bits per heavy atom. The van der Waals surface area contributed by atoms with Gasteiger partial charge in [0, 0.05) is 5.56 Å². The van der Waals surface area contributed by atoms with Gasteiger partial charge in [-0.3, -0.25) is 0 Å². The Balaban J connectivity index is 2.94. The SMILES string of the molecule is Nc1cccc2ccc(=S(=O)=O)cc-2n1. The number of nitrogens with two attached hydrogens (primary N) is 1. The second-order valence-corrected chi connectivity index (χ2v) is 3.96.